The van der Waals surface area contributed by atoms with Gasteiger partial charge in [0.2, 0.25) is 5.95 Å². The van der Waals surface area contributed by atoms with Gasteiger partial charge in [-0.3, -0.25) is 10.1 Å². The van der Waals surface area contributed by atoms with E-state index in [1.54, 1.807) is 0 Å². The summed E-state index contributed by atoms with van der Waals surface area (Å²) in [4.78, 5) is 16.1. The number of ether oxygens (including phenoxy) is 1. The number of aromatic amines is 1. The van der Waals surface area contributed by atoms with Gasteiger partial charge in [0.05, 0.1) is 7.11 Å². The molecule has 0 saturated heterocycles. The number of anilines is 1. The molecule has 0 spiro atoms. The van der Waals surface area contributed by atoms with Crippen molar-refractivity contribution in [1.29, 1.82) is 0 Å². The van der Waals surface area contributed by atoms with E-state index in [0.717, 1.165) is 12.8 Å². The Bertz CT molecular complexity index is 636. The van der Waals surface area contributed by atoms with Crippen LogP contribution >= 0.6 is 0 Å². The van der Waals surface area contributed by atoms with Crippen LogP contribution in [0, 0.1) is 0 Å². The molecule has 1 amide bonds. The lowest BCUT2D eigenvalue weighted by molar-refractivity contribution is 0.102. The summed E-state index contributed by atoms with van der Waals surface area (Å²) >= 11 is 0. The van der Waals surface area contributed by atoms with E-state index >= 15 is 0 Å². The van der Waals surface area contributed by atoms with Crippen molar-refractivity contribution in [2.45, 2.75) is 25.7 Å². The van der Waals surface area contributed by atoms with Crippen LogP contribution in [0.1, 0.15) is 34.3 Å². The van der Waals surface area contributed by atoms with E-state index < -0.39 is 0 Å². The number of H-pyrrole nitrogens is 1. The second-order valence-corrected chi connectivity index (χ2v) is 4.82. The van der Waals surface area contributed by atoms with Gasteiger partial charge in [-0.25, -0.2) is 5.10 Å². The van der Waals surface area contributed by atoms with Crippen molar-refractivity contribution >= 4 is 11.9 Å². The average molecular weight is 272 g/mol. The second kappa shape index (κ2) is 5.32. The van der Waals surface area contributed by atoms with Crippen LogP contribution in [0.15, 0.2) is 18.2 Å². The van der Waals surface area contributed by atoms with E-state index in [0.29, 0.717) is 5.56 Å². The van der Waals surface area contributed by atoms with Crippen molar-refractivity contribution in [3.05, 3.63) is 34.9 Å². The minimum Gasteiger partial charge on any atom is -0.466 e. The lowest BCUT2D eigenvalue weighted by Gasteiger charge is -2.16. The van der Waals surface area contributed by atoms with Gasteiger partial charge in [0.15, 0.2) is 0 Å². The maximum Gasteiger partial charge on any atom is 0.336 e. The summed E-state index contributed by atoms with van der Waals surface area (Å²) in [6.07, 6.45) is 4.58. The number of benzene rings is 1. The molecule has 0 saturated carbocycles. The largest absolute Gasteiger partial charge is 0.466 e. The highest BCUT2D eigenvalue weighted by Crippen LogP contribution is 2.22. The third kappa shape index (κ3) is 2.49. The maximum absolute atomic E-state index is 12.2. The highest BCUT2D eigenvalue weighted by atomic mass is 16.5. The predicted molar refractivity (Wildman–Crippen MR) is 74.0 cm³/mol. The van der Waals surface area contributed by atoms with Gasteiger partial charge >= 0.3 is 6.01 Å². The summed E-state index contributed by atoms with van der Waals surface area (Å²) in [6, 6.07) is 6.07. The number of fused-ring (bicyclic) bond motifs is 1. The topological polar surface area (TPSA) is 79.9 Å². The number of carbonyl (C=O) groups is 1. The molecule has 0 aliphatic heterocycles. The SMILES string of the molecule is COc1n[nH]c(NC(=O)c2ccc3c(c2)CCCC3)n1. The van der Waals surface area contributed by atoms with Gasteiger partial charge in [-0.2, -0.15) is 4.98 Å². The third-order valence-corrected chi connectivity index (χ3v) is 3.49. The van der Waals surface area contributed by atoms with Gasteiger partial charge in [0.25, 0.3) is 5.91 Å². The van der Waals surface area contributed by atoms with Crippen LogP contribution in [0.4, 0.5) is 5.95 Å². The van der Waals surface area contributed by atoms with E-state index in [9.17, 15) is 4.79 Å². The average Bonchev–Trinajstić information content (AvgIpc) is 2.94. The van der Waals surface area contributed by atoms with Gasteiger partial charge in [0.1, 0.15) is 0 Å². The van der Waals surface area contributed by atoms with Crippen molar-refractivity contribution in [2.24, 2.45) is 0 Å². The minimum absolute atomic E-state index is 0.197. The standard InChI is InChI=1S/C14H16N4O2/c1-20-14-16-13(17-18-14)15-12(19)11-7-6-9-4-2-3-5-10(9)8-11/h6-8H,2-5H2,1H3,(H2,15,16,17,18,19). The summed E-state index contributed by atoms with van der Waals surface area (Å²) in [5.74, 6) is 0.0850. The second-order valence-electron chi connectivity index (χ2n) is 4.82. The smallest absolute Gasteiger partial charge is 0.336 e. The number of amides is 1. The van der Waals surface area contributed by atoms with Crippen LogP contribution in [-0.2, 0) is 12.8 Å². The molecular weight excluding hydrogens is 256 g/mol. The number of carbonyl (C=O) groups excluding carboxylic acids is 1. The van der Waals surface area contributed by atoms with Crippen molar-refractivity contribution in [3.63, 3.8) is 0 Å². The Morgan fingerprint density at radius 3 is 2.85 bits per heavy atom. The molecule has 2 N–H and O–H groups in total. The molecule has 2 aromatic rings. The molecule has 1 aliphatic rings. The highest BCUT2D eigenvalue weighted by Gasteiger charge is 2.14. The van der Waals surface area contributed by atoms with Crippen molar-refractivity contribution in [3.8, 4) is 6.01 Å². The van der Waals surface area contributed by atoms with Gasteiger partial charge in [-0.05, 0) is 48.9 Å². The first kappa shape index (κ1) is 12.7. The van der Waals surface area contributed by atoms with Gasteiger partial charge < -0.3 is 4.74 Å². The summed E-state index contributed by atoms with van der Waals surface area (Å²) in [5.41, 5.74) is 3.27. The van der Waals surface area contributed by atoms with E-state index in [1.165, 1.54) is 31.1 Å². The lowest BCUT2D eigenvalue weighted by atomic mass is 9.90. The van der Waals surface area contributed by atoms with Crippen molar-refractivity contribution in [2.75, 3.05) is 12.4 Å². The van der Waals surface area contributed by atoms with Crippen LogP contribution < -0.4 is 10.1 Å². The molecular formula is C14H16N4O2. The first-order chi connectivity index (χ1) is 9.76. The number of nitrogens with one attached hydrogen (secondary N) is 2. The number of hydrogen-bond donors (Lipinski definition) is 2. The fraction of sp³-hybridized carbons (Fsp3) is 0.357. The zero-order valence-electron chi connectivity index (χ0n) is 11.3. The quantitative estimate of drug-likeness (QED) is 0.895. The molecule has 0 bridgehead atoms. The fourth-order valence-electron chi connectivity index (χ4n) is 2.45. The van der Waals surface area contributed by atoms with Crippen LogP contribution in [0.3, 0.4) is 0 Å². The molecule has 0 radical (unpaired) electrons. The third-order valence-electron chi connectivity index (χ3n) is 3.49. The van der Waals surface area contributed by atoms with E-state index in [4.69, 9.17) is 4.74 Å². The Morgan fingerprint density at radius 2 is 2.10 bits per heavy atom. The number of aryl methyl sites for hydroxylation is 2. The molecule has 3 rings (SSSR count). The fourth-order valence-corrected chi connectivity index (χ4v) is 2.45. The first-order valence-corrected chi connectivity index (χ1v) is 6.66. The van der Waals surface area contributed by atoms with E-state index in [2.05, 4.69) is 20.5 Å². The summed E-state index contributed by atoms with van der Waals surface area (Å²) < 4.78 is 4.85. The number of nitrogens with zero attached hydrogens (tertiary/aromatic N) is 2. The van der Waals surface area contributed by atoms with E-state index in [-0.39, 0.29) is 17.9 Å². The molecule has 1 aliphatic carbocycles. The molecule has 1 aromatic carbocycles. The van der Waals surface area contributed by atoms with Crippen LogP contribution in [0.5, 0.6) is 6.01 Å². The summed E-state index contributed by atoms with van der Waals surface area (Å²) in [6.45, 7) is 0. The monoisotopic (exact) mass is 272 g/mol. The van der Waals surface area contributed by atoms with Crippen molar-refractivity contribution in [1.82, 2.24) is 15.2 Å². The van der Waals surface area contributed by atoms with Crippen LogP contribution in [-0.4, -0.2) is 28.2 Å². The number of methoxy groups -OCH3 is 1. The first-order valence-electron chi connectivity index (χ1n) is 6.66. The minimum atomic E-state index is -0.197. The number of hydrogen-bond acceptors (Lipinski definition) is 4. The Morgan fingerprint density at radius 1 is 1.30 bits per heavy atom. The highest BCUT2D eigenvalue weighted by molar-refractivity contribution is 6.03. The van der Waals surface area contributed by atoms with Crippen LogP contribution in [0.25, 0.3) is 0 Å². The Kier molecular flexibility index (Phi) is 3.37. The van der Waals surface area contributed by atoms with Crippen molar-refractivity contribution < 1.29 is 9.53 Å². The molecule has 1 heterocycles. The number of aromatic nitrogens is 3. The number of rotatable bonds is 3. The zero-order chi connectivity index (χ0) is 13.9. The summed E-state index contributed by atoms with van der Waals surface area (Å²) in [7, 11) is 1.47. The molecule has 104 valence electrons. The predicted octanol–water partition coefficient (Wildman–Crippen LogP) is 1.94. The van der Waals surface area contributed by atoms with E-state index in [1.807, 2.05) is 18.2 Å². The van der Waals surface area contributed by atoms with Gasteiger partial charge in [-0.15, -0.1) is 5.10 Å². The summed E-state index contributed by atoms with van der Waals surface area (Å²) in [5, 5.41) is 9.05. The molecule has 6 nitrogen and oxygen atoms in total. The Labute approximate surface area is 116 Å². The maximum atomic E-state index is 12.2. The Balaban J connectivity index is 1.76. The van der Waals surface area contributed by atoms with Gasteiger partial charge in [-0.1, -0.05) is 6.07 Å². The normalized spacial score (nSPS) is 13.7. The molecule has 0 atom stereocenters. The molecule has 0 fully saturated rings. The Hall–Kier alpha value is -2.37. The zero-order valence-corrected chi connectivity index (χ0v) is 11.3. The van der Waals surface area contributed by atoms with Crippen LogP contribution in [0.2, 0.25) is 0 Å². The lowest BCUT2D eigenvalue weighted by Crippen LogP contribution is -2.14. The molecule has 0 unspecified atom stereocenters. The molecule has 6 heteroatoms. The molecule has 20 heavy (non-hydrogen) atoms. The van der Waals surface area contributed by atoms with Gasteiger partial charge in [0, 0.05) is 5.56 Å². The molecule has 1 aromatic heterocycles.